The highest BCUT2D eigenvalue weighted by Gasteiger charge is 2.40. The summed E-state index contributed by atoms with van der Waals surface area (Å²) in [4.78, 5) is 2.65. The van der Waals surface area contributed by atoms with Crippen LogP contribution in [-0.4, -0.2) is 29.6 Å². The summed E-state index contributed by atoms with van der Waals surface area (Å²) in [6, 6.07) is 6.87. The molecule has 0 radical (unpaired) electrons. The van der Waals surface area contributed by atoms with Gasteiger partial charge in [-0.1, -0.05) is 53.4 Å². The van der Waals surface area contributed by atoms with Crippen molar-refractivity contribution in [3.05, 3.63) is 33.3 Å². The molecule has 1 aromatic carbocycles. The van der Waals surface area contributed by atoms with Gasteiger partial charge in [0.05, 0.1) is 0 Å². The van der Waals surface area contributed by atoms with Crippen molar-refractivity contribution in [1.29, 1.82) is 0 Å². The van der Waals surface area contributed by atoms with E-state index in [0.29, 0.717) is 11.6 Å². The molecule has 2 nitrogen and oxygen atoms in total. The minimum atomic E-state index is 0.369. The Kier molecular flexibility index (Phi) is 4.94. The van der Waals surface area contributed by atoms with Crippen LogP contribution in [0.5, 0.6) is 0 Å². The van der Waals surface area contributed by atoms with Crippen LogP contribution in [0.25, 0.3) is 0 Å². The van der Waals surface area contributed by atoms with Crippen LogP contribution in [0, 0.1) is 0 Å². The van der Waals surface area contributed by atoms with Gasteiger partial charge in [-0.25, -0.2) is 0 Å². The van der Waals surface area contributed by atoms with Crippen LogP contribution >= 0.6 is 27.5 Å². The van der Waals surface area contributed by atoms with E-state index in [9.17, 15) is 0 Å². The van der Waals surface area contributed by atoms with Crippen LogP contribution in [-0.2, 0) is 6.54 Å². The van der Waals surface area contributed by atoms with Gasteiger partial charge in [0.1, 0.15) is 0 Å². The number of rotatable bonds is 3. The molecule has 21 heavy (non-hydrogen) atoms. The van der Waals surface area contributed by atoms with Gasteiger partial charge in [-0.05, 0) is 37.0 Å². The molecular formula is C17H24BrClN2. The van der Waals surface area contributed by atoms with Crippen molar-refractivity contribution in [1.82, 2.24) is 10.2 Å². The van der Waals surface area contributed by atoms with Crippen LogP contribution < -0.4 is 5.32 Å². The maximum Gasteiger partial charge on any atom is 0.0462 e. The van der Waals surface area contributed by atoms with Crippen molar-refractivity contribution in [3.8, 4) is 0 Å². The van der Waals surface area contributed by atoms with Crippen molar-refractivity contribution in [2.24, 2.45) is 0 Å². The summed E-state index contributed by atoms with van der Waals surface area (Å²) in [5.74, 6) is 0. The Hall–Kier alpha value is -0.0900. The first-order valence-electron chi connectivity index (χ1n) is 8.05. The minimum Gasteiger partial charge on any atom is -0.308 e. The first-order chi connectivity index (χ1) is 10.1. The summed E-state index contributed by atoms with van der Waals surface area (Å²) in [5, 5.41) is 4.73. The van der Waals surface area contributed by atoms with Crippen LogP contribution in [0.4, 0.5) is 0 Å². The molecule has 1 saturated carbocycles. The first-order valence-corrected chi connectivity index (χ1v) is 9.22. The summed E-state index contributed by atoms with van der Waals surface area (Å²) in [6.45, 7) is 5.53. The maximum atomic E-state index is 6.42. The second-order valence-corrected chi connectivity index (χ2v) is 7.89. The summed E-state index contributed by atoms with van der Waals surface area (Å²) < 4.78 is 1.05. The highest BCUT2D eigenvalue weighted by molar-refractivity contribution is 9.10. The van der Waals surface area contributed by atoms with E-state index < -0.39 is 0 Å². The largest absolute Gasteiger partial charge is 0.308 e. The average Bonchev–Trinajstić information content (AvgIpc) is 2.90. The zero-order valence-corrected chi connectivity index (χ0v) is 15.0. The third-order valence-corrected chi connectivity index (χ3v) is 6.00. The van der Waals surface area contributed by atoms with Gasteiger partial charge in [-0.2, -0.15) is 0 Å². The normalized spacial score (nSPS) is 25.6. The molecule has 1 atom stereocenters. The number of nitrogens with zero attached hydrogens (tertiary/aromatic N) is 1. The summed E-state index contributed by atoms with van der Waals surface area (Å²) in [6.07, 6.45) is 6.59. The third kappa shape index (κ3) is 3.47. The van der Waals surface area contributed by atoms with Gasteiger partial charge < -0.3 is 5.32 Å². The molecule has 116 valence electrons. The SMILES string of the molecule is CCC1CNC2(CCCC2)CN1Cc1ccc(Br)cc1Cl. The smallest absolute Gasteiger partial charge is 0.0462 e. The van der Waals surface area contributed by atoms with E-state index in [0.717, 1.165) is 29.1 Å². The summed E-state index contributed by atoms with van der Waals surface area (Å²) >= 11 is 9.91. The fourth-order valence-corrected chi connectivity index (χ4v) is 4.61. The lowest BCUT2D eigenvalue weighted by atomic mass is 9.91. The molecule has 1 N–H and O–H groups in total. The molecule has 3 rings (SSSR count). The van der Waals surface area contributed by atoms with E-state index >= 15 is 0 Å². The van der Waals surface area contributed by atoms with Crippen LogP contribution in [0.2, 0.25) is 5.02 Å². The van der Waals surface area contributed by atoms with Gasteiger partial charge in [-0.3, -0.25) is 4.90 Å². The molecule has 1 heterocycles. The molecule has 2 fully saturated rings. The topological polar surface area (TPSA) is 15.3 Å². The van der Waals surface area contributed by atoms with Gasteiger partial charge in [0.15, 0.2) is 0 Å². The third-order valence-electron chi connectivity index (χ3n) is 5.16. The minimum absolute atomic E-state index is 0.369. The van der Waals surface area contributed by atoms with Gasteiger partial charge in [0.25, 0.3) is 0 Å². The van der Waals surface area contributed by atoms with Crippen LogP contribution in [0.15, 0.2) is 22.7 Å². The molecular weight excluding hydrogens is 348 g/mol. The highest BCUT2D eigenvalue weighted by Crippen LogP contribution is 2.34. The molecule has 1 unspecified atom stereocenters. The van der Waals surface area contributed by atoms with Gasteiger partial charge in [0.2, 0.25) is 0 Å². The Balaban J connectivity index is 1.76. The number of halogens is 2. The van der Waals surface area contributed by atoms with E-state index in [1.807, 2.05) is 6.07 Å². The van der Waals surface area contributed by atoms with Gasteiger partial charge in [0, 0.05) is 40.7 Å². The standard InChI is InChI=1S/C17H24BrClN2/c1-2-15-10-20-17(7-3-4-8-17)12-21(15)11-13-5-6-14(18)9-16(13)19/h5-6,9,15,20H,2-4,7-8,10-12H2,1H3. The molecule has 1 spiro atoms. The van der Waals surface area contributed by atoms with E-state index in [-0.39, 0.29) is 0 Å². The Morgan fingerprint density at radius 2 is 2.14 bits per heavy atom. The van der Waals surface area contributed by atoms with Crippen molar-refractivity contribution < 1.29 is 0 Å². The maximum absolute atomic E-state index is 6.42. The lowest BCUT2D eigenvalue weighted by Crippen LogP contribution is -2.62. The predicted molar refractivity (Wildman–Crippen MR) is 92.8 cm³/mol. The molecule has 4 heteroatoms. The molecule has 0 bridgehead atoms. The van der Waals surface area contributed by atoms with E-state index in [1.165, 1.54) is 37.7 Å². The Morgan fingerprint density at radius 3 is 2.81 bits per heavy atom. The first kappa shape index (κ1) is 15.8. The number of benzene rings is 1. The molecule has 1 aliphatic heterocycles. The fourth-order valence-electron chi connectivity index (χ4n) is 3.88. The Bertz CT molecular complexity index is 500. The number of hydrogen-bond donors (Lipinski definition) is 1. The summed E-state index contributed by atoms with van der Waals surface area (Å²) in [5.41, 5.74) is 1.61. The molecule has 1 aromatic rings. The Labute approximate surface area is 141 Å². The van der Waals surface area contributed by atoms with Crippen LogP contribution in [0.3, 0.4) is 0 Å². The van der Waals surface area contributed by atoms with E-state index in [1.54, 1.807) is 0 Å². The highest BCUT2D eigenvalue weighted by atomic mass is 79.9. The van der Waals surface area contributed by atoms with Gasteiger partial charge in [-0.15, -0.1) is 0 Å². The average molecular weight is 372 g/mol. The van der Waals surface area contributed by atoms with Crippen molar-refractivity contribution >= 4 is 27.5 Å². The van der Waals surface area contributed by atoms with Gasteiger partial charge >= 0.3 is 0 Å². The molecule has 1 aliphatic carbocycles. The zero-order valence-electron chi connectivity index (χ0n) is 12.7. The quantitative estimate of drug-likeness (QED) is 0.835. The van der Waals surface area contributed by atoms with E-state index in [4.69, 9.17) is 11.6 Å². The predicted octanol–water partition coefficient (Wildman–Crippen LogP) is 4.60. The number of hydrogen-bond acceptors (Lipinski definition) is 2. The fraction of sp³-hybridized carbons (Fsp3) is 0.647. The molecule has 2 aliphatic rings. The summed E-state index contributed by atoms with van der Waals surface area (Å²) in [7, 11) is 0. The molecule has 1 saturated heterocycles. The number of nitrogens with one attached hydrogen (secondary N) is 1. The lowest BCUT2D eigenvalue weighted by Gasteiger charge is -2.46. The Morgan fingerprint density at radius 1 is 1.38 bits per heavy atom. The zero-order chi connectivity index (χ0) is 14.9. The lowest BCUT2D eigenvalue weighted by molar-refractivity contribution is 0.0718. The molecule has 0 aromatic heterocycles. The van der Waals surface area contributed by atoms with E-state index in [2.05, 4.69) is 45.2 Å². The molecule has 0 amide bonds. The monoisotopic (exact) mass is 370 g/mol. The van der Waals surface area contributed by atoms with Crippen molar-refractivity contribution in [3.63, 3.8) is 0 Å². The van der Waals surface area contributed by atoms with Crippen LogP contribution in [0.1, 0.15) is 44.6 Å². The number of piperazine rings is 1. The second-order valence-electron chi connectivity index (χ2n) is 6.57. The van der Waals surface area contributed by atoms with Crippen molar-refractivity contribution in [2.45, 2.75) is 57.2 Å². The second kappa shape index (κ2) is 6.57. The van der Waals surface area contributed by atoms with Crippen molar-refractivity contribution in [2.75, 3.05) is 13.1 Å².